The summed E-state index contributed by atoms with van der Waals surface area (Å²) in [5.41, 5.74) is 5.64. The Bertz CT molecular complexity index is 1200. The molecule has 5 atom stereocenters. The van der Waals surface area contributed by atoms with Crippen LogP contribution in [0.25, 0.3) is 0 Å². The molecule has 234 valence electrons. The first-order chi connectivity index (χ1) is 20.6. The number of carbonyl (C=O) groups excluding carboxylic acids is 5. The van der Waals surface area contributed by atoms with Crippen molar-refractivity contribution in [2.24, 2.45) is 11.7 Å². The van der Waals surface area contributed by atoms with Crippen LogP contribution in [0, 0.1) is 5.92 Å². The summed E-state index contributed by atoms with van der Waals surface area (Å²) in [6.07, 6.45) is 8.71. The molecular formula is C32H44N4O7. The number of nitrogens with two attached hydrogens (primary N) is 1. The molecule has 0 aromatic heterocycles. The van der Waals surface area contributed by atoms with E-state index < -0.39 is 53.3 Å². The predicted molar refractivity (Wildman–Crippen MR) is 158 cm³/mol. The fourth-order valence-electron chi connectivity index (χ4n) is 6.35. The van der Waals surface area contributed by atoms with Crippen LogP contribution in [-0.2, 0) is 35.3 Å². The summed E-state index contributed by atoms with van der Waals surface area (Å²) in [4.78, 5) is 66.8. The summed E-state index contributed by atoms with van der Waals surface area (Å²) in [5, 5.41) is 5.49. The van der Waals surface area contributed by atoms with Gasteiger partial charge < -0.3 is 30.7 Å². The van der Waals surface area contributed by atoms with Crippen molar-refractivity contribution in [1.82, 2.24) is 15.5 Å². The minimum Gasteiger partial charge on any atom is -0.445 e. The first kappa shape index (κ1) is 32.2. The Kier molecular flexibility index (Phi) is 11.0. The first-order valence-electron chi connectivity index (χ1n) is 15.3. The third-order valence-electron chi connectivity index (χ3n) is 8.42. The van der Waals surface area contributed by atoms with Gasteiger partial charge in [0.25, 0.3) is 5.91 Å². The highest BCUT2D eigenvalue weighted by Crippen LogP contribution is 2.43. The van der Waals surface area contributed by atoms with Crippen LogP contribution in [0.2, 0.25) is 0 Å². The lowest BCUT2D eigenvalue weighted by molar-refractivity contribution is -0.143. The summed E-state index contributed by atoms with van der Waals surface area (Å²) in [7, 11) is 0. The van der Waals surface area contributed by atoms with Gasteiger partial charge in [0.2, 0.25) is 17.6 Å². The van der Waals surface area contributed by atoms with Crippen LogP contribution < -0.4 is 16.4 Å². The minimum absolute atomic E-state index is 0.0511. The minimum atomic E-state index is -1.11. The van der Waals surface area contributed by atoms with E-state index in [1.165, 1.54) is 4.90 Å². The molecule has 4 amide bonds. The monoisotopic (exact) mass is 596 g/mol. The molecular weight excluding hydrogens is 552 g/mol. The van der Waals surface area contributed by atoms with E-state index in [4.69, 9.17) is 15.2 Å². The number of rotatable bonds is 5. The smallest absolute Gasteiger partial charge is 0.408 e. The number of hydrogen-bond donors (Lipinski definition) is 3. The van der Waals surface area contributed by atoms with E-state index in [1.54, 1.807) is 0 Å². The Morgan fingerprint density at radius 3 is 2.40 bits per heavy atom. The predicted octanol–water partition coefficient (Wildman–Crippen LogP) is 2.91. The van der Waals surface area contributed by atoms with E-state index in [-0.39, 0.29) is 31.6 Å². The second-order valence-corrected chi connectivity index (χ2v) is 12.3. The number of hydrogen-bond acceptors (Lipinski definition) is 7. The second kappa shape index (κ2) is 14.6. The average Bonchev–Trinajstić information content (AvgIpc) is 3.46. The maximum absolute atomic E-state index is 14.1. The Morgan fingerprint density at radius 1 is 1.05 bits per heavy atom. The number of nitrogens with one attached hydrogen (secondary N) is 2. The molecule has 1 aromatic rings. The Hall–Kier alpha value is -3.73. The number of benzene rings is 1. The second-order valence-electron chi connectivity index (χ2n) is 12.3. The van der Waals surface area contributed by atoms with Crippen molar-refractivity contribution in [2.75, 3.05) is 6.54 Å². The van der Waals surface area contributed by atoms with Crippen molar-refractivity contribution in [3.8, 4) is 0 Å². The molecule has 3 aliphatic heterocycles. The molecule has 0 spiro atoms. The molecule has 0 unspecified atom stereocenters. The van der Waals surface area contributed by atoms with Gasteiger partial charge in [-0.05, 0) is 64.4 Å². The van der Waals surface area contributed by atoms with Crippen molar-refractivity contribution in [3.63, 3.8) is 0 Å². The van der Waals surface area contributed by atoms with E-state index in [9.17, 15) is 24.0 Å². The van der Waals surface area contributed by atoms with Crippen LogP contribution in [0.5, 0.6) is 0 Å². The normalized spacial score (nSPS) is 28.2. The van der Waals surface area contributed by atoms with Gasteiger partial charge in [0.15, 0.2) is 0 Å². The van der Waals surface area contributed by atoms with E-state index >= 15 is 0 Å². The average molecular weight is 597 g/mol. The highest BCUT2D eigenvalue weighted by Gasteiger charge is 2.56. The highest BCUT2D eigenvalue weighted by molar-refractivity contribution is 6.37. The van der Waals surface area contributed by atoms with Crippen molar-refractivity contribution in [2.45, 2.75) is 108 Å². The van der Waals surface area contributed by atoms with Gasteiger partial charge in [-0.1, -0.05) is 55.3 Å². The molecule has 3 heterocycles. The number of amides is 4. The van der Waals surface area contributed by atoms with Crippen LogP contribution >= 0.6 is 0 Å². The Balaban J connectivity index is 1.58. The number of carbonyl (C=O) groups is 5. The number of allylic oxidation sites excluding steroid dienone is 2. The van der Waals surface area contributed by atoms with Gasteiger partial charge in [0.1, 0.15) is 18.7 Å². The molecule has 1 aromatic carbocycles. The van der Waals surface area contributed by atoms with Gasteiger partial charge in [-0.2, -0.15) is 0 Å². The summed E-state index contributed by atoms with van der Waals surface area (Å²) in [5.74, 6) is -3.24. The fraction of sp³-hybridized carbons (Fsp3) is 0.594. The molecule has 0 aliphatic carbocycles. The summed E-state index contributed by atoms with van der Waals surface area (Å²) in [6, 6.07) is 6.29. The standard InChI is InChI=1S/C32H44N4O7/c1-32(2)18-22-25(43-32)19-36-26(22)29(39)34-23(27(37)28(33)38)16-12-7-5-3-4-6-8-13-17-24(30(36)40)35-31(41)42-20-21-14-10-9-11-15-21/h3-4,9-11,14-15,22-26H,5-8,12-13,16-20H2,1-2H3,(H2,33,38)(H,34,39)(H,35,41)/t22-,23-,24-,25-,26-/m0/s1. The van der Waals surface area contributed by atoms with Crippen molar-refractivity contribution in [1.29, 1.82) is 0 Å². The SMILES string of the molecule is CC1(C)C[C@H]2[C@H](CN3C(=O)[C@@H](NC(=O)OCc4ccccc4)CCCCC=CCCCC[C@@H](C(=O)C(N)=O)NC(=O)[C@H]23)O1. The Morgan fingerprint density at radius 2 is 1.72 bits per heavy atom. The van der Waals surface area contributed by atoms with Gasteiger partial charge in [-0.15, -0.1) is 0 Å². The molecule has 0 bridgehead atoms. The molecule has 3 aliphatic rings. The van der Waals surface area contributed by atoms with Crippen molar-refractivity contribution >= 4 is 29.6 Å². The first-order valence-corrected chi connectivity index (χ1v) is 15.3. The van der Waals surface area contributed by atoms with Crippen LogP contribution in [0.1, 0.15) is 77.2 Å². The molecule has 2 saturated heterocycles. The molecule has 43 heavy (non-hydrogen) atoms. The number of fused-ring (bicyclic) bond motifs is 3. The molecule has 4 rings (SSSR count). The molecule has 0 radical (unpaired) electrons. The third kappa shape index (κ3) is 8.65. The van der Waals surface area contributed by atoms with Crippen LogP contribution in [0.3, 0.4) is 0 Å². The number of ketones is 1. The van der Waals surface area contributed by atoms with Crippen molar-refractivity contribution < 1.29 is 33.4 Å². The molecule has 4 N–H and O–H groups in total. The van der Waals surface area contributed by atoms with E-state index in [2.05, 4.69) is 22.8 Å². The van der Waals surface area contributed by atoms with Crippen LogP contribution in [-0.4, -0.2) is 70.9 Å². The maximum atomic E-state index is 14.1. The quantitative estimate of drug-likeness (QED) is 0.348. The van der Waals surface area contributed by atoms with Gasteiger partial charge in [-0.3, -0.25) is 19.2 Å². The fourth-order valence-corrected chi connectivity index (χ4v) is 6.35. The van der Waals surface area contributed by atoms with Crippen LogP contribution in [0.15, 0.2) is 42.5 Å². The van der Waals surface area contributed by atoms with Crippen molar-refractivity contribution in [3.05, 3.63) is 48.0 Å². The maximum Gasteiger partial charge on any atom is 0.408 e. The highest BCUT2D eigenvalue weighted by atomic mass is 16.5. The number of ether oxygens (including phenoxy) is 2. The summed E-state index contributed by atoms with van der Waals surface area (Å²) < 4.78 is 11.6. The lowest BCUT2D eigenvalue weighted by atomic mass is 9.89. The number of nitrogens with zero attached hydrogens (tertiary/aromatic N) is 1. The van der Waals surface area contributed by atoms with E-state index in [0.29, 0.717) is 25.7 Å². The lowest BCUT2D eigenvalue weighted by Gasteiger charge is -2.32. The lowest BCUT2D eigenvalue weighted by Crippen LogP contribution is -2.57. The van der Waals surface area contributed by atoms with Gasteiger partial charge >= 0.3 is 6.09 Å². The largest absolute Gasteiger partial charge is 0.445 e. The molecule has 11 heteroatoms. The van der Waals surface area contributed by atoms with E-state index in [1.807, 2.05) is 44.2 Å². The zero-order valence-electron chi connectivity index (χ0n) is 25.1. The van der Waals surface area contributed by atoms with E-state index in [0.717, 1.165) is 31.2 Å². The van der Waals surface area contributed by atoms with Gasteiger partial charge in [0.05, 0.1) is 17.7 Å². The number of primary amides is 1. The summed E-state index contributed by atoms with van der Waals surface area (Å²) >= 11 is 0. The zero-order chi connectivity index (χ0) is 31.0. The summed E-state index contributed by atoms with van der Waals surface area (Å²) in [6.45, 7) is 4.10. The molecule has 2 fully saturated rings. The van der Waals surface area contributed by atoms with Gasteiger partial charge in [-0.25, -0.2) is 4.79 Å². The van der Waals surface area contributed by atoms with Gasteiger partial charge in [0, 0.05) is 12.5 Å². The topological polar surface area (TPSA) is 157 Å². The molecule has 0 saturated carbocycles. The number of Topliss-reactive ketones (excluding diaryl/α,β-unsaturated/α-hetero) is 1. The zero-order valence-corrected chi connectivity index (χ0v) is 25.1. The third-order valence-corrected chi connectivity index (χ3v) is 8.42. The molecule has 11 nitrogen and oxygen atoms in total. The van der Waals surface area contributed by atoms with Crippen LogP contribution in [0.4, 0.5) is 4.79 Å². The Labute approximate surface area is 252 Å². The number of alkyl carbamates (subject to hydrolysis) is 1.